The van der Waals surface area contributed by atoms with Gasteiger partial charge in [0.2, 0.25) is 5.91 Å². The molecule has 2 rings (SSSR count). The zero-order chi connectivity index (χ0) is 21.6. The van der Waals surface area contributed by atoms with Crippen LogP contribution in [0, 0.1) is 5.92 Å². The molecule has 0 radical (unpaired) electrons. The summed E-state index contributed by atoms with van der Waals surface area (Å²) in [6.45, 7) is 5.02. The molecule has 0 aromatic heterocycles. The van der Waals surface area contributed by atoms with Crippen molar-refractivity contribution in [3.05, 3.63) is 29.8 Å². The minimum atomic E-state index is -3.76. The van der Waals surface area contributed by atoms with E-state index < -0.39 is 10.0 Å². The van der Waals surface area contributed by atoms with Crippen molar-refractivity contribution in [2.45, 2.75) is 50.5 Å². The SMILES string of the molecule is CCC[C@@H](C)NC(=O)[C@@H]1CCCN(C(=O)c2ccc(S(=O)(=O)N(C)OC)cc2)C1. The Labute approximate surface area is 173 Å². The molecule has 29 heavy (non-hydrogen) atoms. The highest BCUT2D eigenvalue weighted by Gasteiger charge is 2.30. The minimum Gasteiger partial charge on any atom is -0.353 e. The summed E-state index contributed by atoms with van der Waals surface area (Å²) < 4.78 is 25.3. The van der Waals surface area contributed by atoms with Crippen molar-refractivity contribution < 1.29 is 22.8 Å². The van der Waals surface area contributed by atoms with Crippen molar-refractivity contribution in [2.24, 2.45) is 5.92 Å². The van der Waals surface area contributed by atoms with Crippen molar-refractivity contribution in [2.75, 3.05) is 27.2 Å². The topological polar surface area (TPSA) is 96.0 Å². The second-order valence-electron chi connectivity index (χ2n) is 7.41. The third-order valence-electron chi connectivity index (χ3n) is 5.18. The van der Waals surface area contributed by atoms with Crippen LogP contribution in [-0.4, -0.2) is 62.9 Å². The average molecular weight is 426 g/mol. The Morgan fingerprint density at radius 1 is 1.31 bits per heavy atom. The van der Waals surface area contributed by atoms with E-state index in [0.717, 1.165) is 30.2 Å². The van der Waals surface area contributed by atoms with Crippen LogP contribution in [0.5, 0.6) is 0 Å². The standard InChI is InChI=1S/C20H31N3O5S/c1-5-7-15(2)21-19(24)17-8-6-13-23(14-17)20(25)16-9-11-18(12-10-16)29(26,27)22(3)28-4/h9-12,15,17H,5-8,13-14H2,1-4H3,(H,21,24)/t15-,17-/m1/s1. The second kappa shape index (κ2) is 10.2. The van der Waals surface area contributed by atoms with Gasteiger partial charge in [-0.1, -0.05) is 17.8 Å². The maximum Gasteiger partial charge on any atom is 0.264 e. The average Bonchev–Trinajstić information content (AvgIpc) is 2.72. The van der Waals surface area contributed by atoms with Crippen molar-refractivity contribution in [1.82, 2.24) is 14.7 Å². The van der Waals surface area contributed by atoms with Gasteiger partial charge in [0.15, 0.2) is 0 Å². The molecule has 0 unspecified atom stereocenters. The summed E-state index contributed by atoms with van der Waals surface area (Å²) in [5, 5.41) is 3.03. The van der Waals surface area contributed by atoms with E-state index >= 15 is 0 Å². The Hall–Kier alpha value is -1.97. The van der Waals surface area contributed by atoms with E-state index in [9.17, 15) is 18.0 Å². The first-order valence-corrected chi connectivity index (χ1v) is 11.4. The molecule has 1 heterocycles. The Balaban J connectivity index is 2.05. The first kappa shape index (κ1) is 23.3. The molecule has 1 aromatic rings. The fourth-order valence-electron chi connectivity index (χ4n) is 3.44. The van der Waals surface area contributed by atoms with Crippen molar-refractivity contribution in [3.8, 4) is 0 Å². The van der Waals surface area contributed by atoms with Gasteiger partial charge in [-0.25, -0.2) is 8.42 Å². The lowest BCUT2D eigenvalue weighted by Crippen LogP contribution is -2.47. The molecule has 162 valence electrons. The minimum absolute atomic E-state index is 0.00695. The molecule has 0 saturated carbocycles. The van der Waals surface area contributed by atoms with Gasteiger partial charge < -0.3 is 10.2 Å². The van der Waals surface area contributed by atoms with E-state index in [1.54, 1.807) is 4.90 Å². The largest absolute Gasteiger partial charge is 0.353 e. The van der Waals surface area contributed by atoms with Gasteiger partial charge in [-0.2, -0.15) is 0 Å². The van der Waals surface area contributed by atoms with Crippen LogP contribution in [0.1, 0.15) is 49.9 Å². The Morgan fingerprint density at radius 3 is 2.55 bits per heavy atom. The Bertz CT molecular complexity index is 810. The number of hydrogen-bond acceptors (Lipinski definition) is 5. The van der Waals surface area contributed by atoms with Crippen LogP contribution in [0.3, 0.4) is 0 Å². The summed E-state index contributed by atoms with van der Waals surface area (Å²) >= 11 is 0. The summed E-state index contributed by atoms with van der Waals surface area (Å²) in [4.78, 5) is 31.8. The quantitative estimate of drug-likeness (QED) is 0.643. The predicted octanol–water partition coefficient (Wildman–Crippen LogP) is 2.03. The zero-order valence-electron chi connectivity index (χ0n) is 17.6. The van der Waals surface area contributed by atoms with Crippen LogP contribution in [0.2, 0.25) is 0 Å². The van der Waals surface area contributed by atoms with Crippen LogP contribution < -0.4 is 5.32 Å². The van der Waals surface area contributed by atoms with Crippen molar-refractivity contribution in [3.63, 3.8) is 0 Å². The van der Waals surface area contributed by atoms with E-state index in [4.69, 9.17) is 4.84 Å². The molecule has 8 nitrogen and oxygen atoms in total. The van der Waals surface area contributed by atoms with Crippen LogP contribution >= 0.6 is 0 Å². The number of nitrogens with zero attached hydrogens (tertiary/aromatic N) is 2. The summed E-state index contributed by atoms with van der Waals surface area (Å²) in [7, 11) is -1.19. The molecule has 0 aliphatic carbocycles. The smallest absolute Gasteiger partial charge is 0.264 e. The number of rotatable bonds is 8. The summed E-state index contributed by atoms with van der Waals surface area (Å²) in [6.07, 6.45) is 3.45. The Morgan fingerprint density at radius 2 is 1.97 bits per heavy atom. The van der Waals surface area contributed by atoms with Crippen LogP contribution in [0.15, 0.2) is 29.2 Å². The molecule has 2 amide bonds. The van der Waals surface area contributed by atoms with Gasteiger partial charge in [0.25, 0.3) is 15.9 Å². The van der Waals surface area contributed by atoms with E-state index in [2.05, 4.69) is 12.2 Å². The van der Waals surface area contributed by atoms with Gasteiger partial charge in [0.05, 0.1) is 17.9 Å². The number of hydrogen-bond donors (Lipinski definition) is 1. The first-order valence-electron chi connectivity index (χ1n) is 9.93. The first-order chi connectivity index (χ1) is 13.7. The fourth-order valence-corrected chi connectivity index (χ4v) is 4.41. The molecule has 0 bridgehead atoms. The molecule has 1 aliphatic heterocycles. The number of amides is 2. The molecule has 2 atom stereocenters. The van der Waals surface area contributed by atoms with Gasteiger partial charge in [-0.3, -0.25) is 14.4 Å². The van der Waals surface area contributed by atoms with Gasteiger partial charge in [0, 0.05) is 31.7 Å². The van der Waals surface area contributed by atoms with Gasteiger partial charge in [-0.15, -0.1) is 0 Å². The van der Waals surface area contributed by atoms with Gasteiger partial charge in [-0.05, 0) is 50.5 Å². The highest BCUT2D eigenvalue weighted by Crippen LogP contribution is 2.21. The van der Waals surface area contributed by atoms with E-state index in [0.29, 0.717) is 18.7 Å². The van der Waals surface area contributed by atoms with Gasteiger partial charge in [0.1, 0.15) is 0 Å². The van der Waals surface area contributed by atoms with Crippen LogP contribution in [0.4, 0.5) is 0 Å². The van der Waals surface area contributed by atoms with Gasteiger partial charge >= 0.3 is 0 Å². The van der Waals surface area contributed by atoms with Crippen LogP contribution in [-0.2, 0) is 19.7 Å². The normalized spacial score (nSPS) is 18.5. The number of nitrogens with one attached hydrogen (secondary N) is 1. The van der Waals surface area contributed by atoms with E-state index in [1.807, 2.05) is 6.92 Å². The Kier molecular flexibility index (Phi) is 8.18. The third kappa shape index (κ3) is 5.77. The highest BCUT2D eigenvalue weighted by atomic mass is 32.2. The van der Waals surface area contributed by atoms with E-state index in [1.165, 1.54) is 38.4 Å². The maximum atomic E-state index is 12.9. The molecule has 9 heteroatoms. The molecule has 1 N–H and O–H groups in total. The molecule has 1 aliphatic rings. The third-order valence-corrected chi connectivity index (χ3v) is 6.88. The fraction of sp³-hybridized carbons (Fsp3) is 0.600. The number of piperidine rings is 1. The summed E-state index contributed by atoms with van der Waals surface area (Å²) in [6, 6.07) is 5.88. The number of carbonyl (C=O) groups is 2. The monoisotopic (exact) mass is 425 g/mol. The molecule has 1 saturated heterocycles. The number of sulfonamides is 1. The van der Waals surface area contributed by atoms with Crippen molar-refractivity contribution in [1.29, 1.82) is 0 Å². The predicted molar refractivity (Wildman–Crippen MR) is 110 cm³/mol. The lowest BCUT2D eigenvalue weighted by molar-refractivity contribution is -0.127. The van der Waals surface area contributed by atoms with Crippen molar-refractivity contribution >= 4 is 21.8 Å². The lowest BCUT2D eigenvalue weighted by atomic mass is 9.96. The number of hydroxylamine groups is 1. The number of likely N-dealkylation sites (tertiary alicyclic amines) is 1. The van der Waals surface area contributed by atoms with E-state index in [-0.39, 0.29) is 28.7 Å². The lowest BCUT2D eigenvalue weighted by Gasteiger charge is -2.32. The molecule has 1 fully saturated rings. The maximum absolute atomic E-state index is 12.9. The molecular formula is C20H31N3O5S. The van der Waals surface area contributed by atoms with Crippen LogP contribution in [0.25, 0.3) is 0 Å². The second-order valence-corrected chi connectivity index (χ2v) is 9.35. The molecule has 1 aromatic carbocycles. The summed E-state index contributed by atoms with van der Waals surface area (Å²) in [5.74, 6) is -0.428. The highest BCUT2D eigenvalue weighted by molar-refractivity contribution is 7.89. The molecular weight excluding hydrogens is 394 g/mol. The summed E-state index contributed by atoms with van der Waals surface area (Å²) in [5.41, 5.74) is 0.393. The number of carbonyl (C=O) groups excluding carboxylic acids is 2. The molecule has 0 spiro atoms. The number of benzene rings is 1. The zero-order valence-corrected chi connectivity index (χ0v) is 18.4.